The molecule has 0 saturated heterocycles. The van der Waals surface area contributed by atoms with Crippen molar-refractivity contribution in [2.45, 2.75) is 6.61 Å². The van der Waals surface area contributed by atoms with Crippen molar-refractivity contribution in [1.29, 1.82) is 0 Å². The number of nitro benzene ring substituents is 1. The van der Waals surface area contributed by atoms with Crippen LogP contribution in [0.25, 0.3) is 0 Å². The van der Waals surface area contributed by atoms with E-state index in [-0.39, 0.29) is 22.9 Å². The van der Waals surface area contributed by atoms with Crippen LogP contribution in [0.5, 0.6) is 11.5 Å². The topological polar surface area (TPSA) is 103 Å². The number of carbonyl (C=O) groups is 1. The Balaban J connectivity index is 2.05. The Hall–Kier alpha value is -3.43. The fourth-order valence-electron chi connectivity index (χ4n) is 1.90. The van der Waals surface area contributed by atoms with E-state index in [4.69, 9.17) is 4.74 Å². The van der Waals surface area contributed by atoms with Crippen molar-refractivity contribution in [2.24, 2.45) is 0 Å². The molecule has 0 aliphatic carbocycles. The van der Waals surface area contributed by atoms with Gasteiger partial charge < -0.3 is 20.1 Å². The average molecular weight is 353 g/mol. The van der Waals surface area contributed by atoms with Crippen LogP contribution >= 0.6 is 0 Å². The van der Waals surface area contributed by atoms with E-state index in [1.54, 1.807) is 0 Å². The fraction of sp³-hybridized carbons (Fsp3) is 0.133. The number of anilines is 2. The Bertz CT molecular complexity index is 768. The Kier molecular flexibility index (Phi) is 5.66. The average Bonchev–Trinajstić information content (AvgIpc) is 2.55. The molecule has 0 aliphatic heterocycles. The Morgan fingerprint density at radius 3 is 2.24 bits per heavy atom. The van der Waals surface area contributed by atoms with Crippen molar-refractivity contribution in [3.8, 4) is 11.5 Å². The summed E-state index contributed by atoms with van der Waals surface area (Å²) in [5.74, 6) is -0.146. The normalized spacial score (nSPS) is 10.2. The maximum Gasteiger partial charge on any atom is 0.387 e. The molecule has 2 rings (SSSR count). The first-order chi connectivity index (χ1) is 11.9. The highest BCUT2D eigenvalue weighted by molar-refractivity contribution is 6.00. The van der Waals surface area contributed by atoms with Gasteiger partial charge in [-0.05, 0) is 24.3 Å². The van der Waals surface area contributed by atoms with E-state index in [0.29, 0.717) is 5.69 Å². The van der Waals surface area contributed by atoms with Gasteiger partial charge in [0.1, 0.15) is 0 Å². The van der Waals surface area contributed by atoms with Gasteiger partial charge in [-0.3, -0.25) is 10.1 Å². The quantitative estimate of drug-likeness (QED) is 0.606. The van der Waals surface area contributed by atoms with E-state index < -0.39 is 17.6 Å². The maximum atomic E-state index is 12.4. The molecule has 132 valence electrons. The van der Waals surface area contributed by atoms with Gasteiger partial charge >= 0.3 is 12.6 Å². The zero-order valence-electron chi connectivity index (χ0n) is 12.9. The zero-order chi connectivity index (χ0) is 18.4. The maximum absolute atomic E-state index is 12.4. The molecule has 0 radical (unpaired) electrons. The lowest BCUT2D eigenvalue weighted by atomic mass is 10.2. The van der Waals surface area contributed by atoms with Crippen LogP contribution in [-0.4, -0.2) is 24.7 Å². The molecular formula is C15H13F2N3O5. The SMILES string of the molecule is COc1ccc(NC(=O)Nc2ccc([N+](=O)[O-])cc2)cc1OC(F)F. The highest BCUT2D eigenvalue weighted by Gasteiger charge is 2.13. The van der Waals surface area contributed by atoms with Gasteiger partial charge in [-0.2, -0.15) is 8.78 Å². The Morgan fingerprint density at radius 2 is 1.68 bits per heavy atom. The van der Waals surface area contributed by atoms with Crippen LogP contribution in [0.3, 0.4) is 0 Å². The highest BCUT2D eigenvalue weighted by atomic mass is 19.3. The van der Waals surface area contributed by atoms with Crippen molar-refractivity contribution < 1.29 is 28.0 Å². The third kappa shape index (κ3) is 5.03. The molecule has 8 nitrogen and oxygen atoms in total. The summed E-state index contributed by atoms with van der Waals surface area (Å²) in [5, 5.41) is 15.4. The number of non-ortho nitro benzene ring substituents is 1. The molecule has 2 aromatic carbocycles. The number of carbonyl (C=O) groups excluding carboxylic acids is 1. The molecule has 25 heavy (non-hydrogen) atoms. The van der Waals surface area contributed by atoms with E-state index in [9.17, 15) is 23.7 Å². The minimum absolute atomic E-state index is 0.0848. The molecule has 0 unspecified atom stereocenters. The summed E-state index contributed by atoms with van der Waals surface area (Å²) in [7, 11) is 1.29. The number of nitrogens with one attached hydrogen (secondary N) is 2. The summed E-state index contributed by atoms with van der Waals surface area (Å²) in [6.45, 7) is -3.04. The molecule has 2 N–H and O–H groups in total. The number of hydrogen-bond acceptors (Lipinski definition) is 5. The molecule has 10 heteroatoms. The van der Waals surface area contributed by atoms with Crippen molar-refractivity contribution >= 4 is 23.1 Å². The van der Waals surface area contributed by atoms with Crippen LogP contribution in [0, 0.1) is 10.1 Å². The van der Waals surface area contributed by atoms with E-state index in [2.05, 4.69) is 15.4 Å². The zero-order valence-corrected chi connectivity index (χ0v) is 12.9. The standard InChI is InChI=1S/C15H13F2N3O5/c1-24-12-7-4-10(8-13(12)25-14(16)17)19-15(21)18-9-2-5-11(6-3-9)20(22)23/h2-8,14H,1H3,(H2,18,19,21). The second-order valence-electron chi connectivity index (χ2n) is 4.63. The minimum Gasteiger partial charge on any atom is -0.493 e. The first-order valence-electron chi connectivity index (χ1n) is 6.84. The second kappa shape index (κ2) is 7.90. The number of halogens is 2. The van der Waals surface area contributed by atoms with Crippen molar-refractivity contribution in [3.63, 3.8) is 0 Å². The summed E-state index contributed by atoms with van der Waals surface area (Å²) in [5.41, 5.74) is 0.395. The van der Waals surface area contributed by atoms with Gasteiger partial charge in [0.05, 0.1) is 12.0 Å². The molecule has 2 amide bonds. The smallest absolute Gasteiger partial charge is 0.387 e. The number of ether oxygens (including phenoxy) is 2. The highest BCUT2D eigenvalue weighted by Crippen LogP contribution is 2.31. The summed E-state index contributed by atoms with van der Waals surface area (Å²) in [4.78, 5) is 21.9. The molecule has 0 bridgehead atoms. The molecule has 0 fully saturated rings. The molecule has 0 aromatic heterocycles. The van der Waals surface area contributed by atoms with Gasteiger partial charge in [-0.1, -0.05) is 0 Å². The lowest BCUT2D eigenvalue weighted by molar-refractivity contribution is -0.384. The van der Waals surface area contributed by atoms with Gasteiger partial charge in [0.2, 0.25) is 0 Å². The van der Waals surface area contributed by atoms with Gasteiger partial charge in [-0.15, -0.1) is 0 Å². The fourth-order valence-corrected chi connectivity index (χ4v) is 1.90. The minimum atomic E-state index is -3.04. The second-order valence-corrected chi connectivity index (χ2v) is 4.63. The molecular weight excluding hydrogens is 340 g/mol. The van der Waals surface area contributed by atoms with Crippen LogP contribution in [-0.2, 0) is 0 Å². The summed E-state index contributed by atoms with van der Waals surface area (Å²) in [6.07, 6.45) is 0. The number of amides is 2. The van der Waals surface area contributed by atoms with E-state index in [0.717, 1.165) is 0 Å². The van der Waals surface area contributed by atoms with Crippen LogP contribution < -0.4 is 20.1 Å². The van der Waals surface area contributed by atoms with Gasteiger partial charge in [0.15, 0.2) is 11.5 Å². The monoisotopic (exact) mass is 353 g/mol. The van der Waals surface area contributed by atoms with E-state index in [1.807, 2.05) is 0 Å². The lowest BCUT2D eigenvalue weighted by Crippen LogP contribution is -2.19. The van der Waals surface area contributed by atoms with Gasteiger partial charge in [0.25, 0.3) is 5.69 Å². The Labute approximate surface area is 140 Å². The predicted molar refractivity (Wildman–Crippen MR) is 85.4 cm³/mol. The Morgan fingerprint density at radius 1 is 1.08 bits per heavy atom. The number of urea groups is 1. The van der Waals surface area contributed by atoms with E-state index >= 15 is 0 Å². The number of hydrogen-bond donors (Lipinski definition) is 2. The molecule has 0 atom stereocenters. The summed E-state index contributed by atoms with van der Waals surface area (Å²) in [6, 6.07) is 8.50. The predicted octanol–water partition coefficient (Wildman–Crippen LogP) is 3.85. The number of methoxy groups -OCH3 is 1. The van der Waals surface area contributed by atoms with Crippen molar-refractivity contribution in [3.05, 3.63) is 52.6 Å². The van der Waals surface area contributed by atoms with Gasteiger partial charge in [0, 0.05) is 29.6 Å². The summed E-state index contributed by atoms with van der Waals surface area (Å²) < 4.78 is 34.0. The van der Waals surface area contributed by atoms with Gasteiger partial charge in [-0.25, -0.2) is 4.79 Å². The van der Waals surface area contributed by atoms with Crippen LogP contribution in [0.15, 0.2) is 42.5 Å². The molecule has 0 spiro atoms. The van der Waals surface area contributed by atoms with E-state index in [1.165, 1.54) is 49.6 Å². The third-order valence-electron chi connectivity index (χ3n) is 2.97. The first-order valence-corrected chi connectivity index (χ1v) is 6.84. The number of alkyl halides is 2. The van der Waals surface area contributed by atoms with Crippen molar-refractivity contribution in [2.75, 3.05) is 17.7 Å². The van der Waals surface area contributed by atoms with Crippen LogP contribution in [0.2, 0.25) is 0 Å². The number of benzene rings is 2. The van der Waals surface area contributed by atoms with Crippen molar-refractivity contribution in [1.82, 2.24) is 0 Å². The van der Waals surface area contributed by atoms with Crippen LogP contribution in [0.1, 0.15) is 0 Å². The molecule has 2 aromatic rings. The number of rotatable bonds is 6. The molecule has 0 aliphatic rings. The number of nitro groups is 1. The third-order valence-corrected chi connectivity index (χ3v) is 2.97. The number of nitrogens with zero attached hydrogens (tertiary/aromatic N) is 1. The molecule has 0 saturated carbocycles. The molecule has 0 heterocycles. The van der Waals surface area contributed by atoms with Crippen LogP contribution in [0.4, 0.5) is 30.6 Å². The largest absolute Gasteiger partial charge is 0.493 e. The lowest BCUT2D eigenvalue weighted by Gasteiger charge is -2.12. The summed E-state index contributed by atoms with van der Waals surface area (Å²) >= 11 is 0. The first kappa shape index (κ1) is 17.9.